The van der Waals surface area contributed by atoms with Crippen LogP contribution in [-0.4, -0.2) is 48.7 Å². The van der Waals surface area contributed by atoms with Gasteiger partial charge < -0.3 is 20.3 Å². The molecule has 2 unspecified atom stereocenters. The number of aliphatic hydroxyl groups excluding tert-OH is 2. The van der Waals surface area contributed by atoms with Crippen molar-refractivity contribution in [3.63, 3.8) is 0 Å². The number of hydrogen-bond donors (Lipinski definition) is 3. The molecule has 0 aromatic rings. The third-order valence-electron chi connectivity index (χ3n) is 2.01. The molecule has 0 amide bonds. The fraction of sp³-hybridized carbons (Fsp3) is 1.00. The van der Waals surface area contributed by atoms with Crippen LogP contribution in [-0.2, 0) is 4.74 Å². The third-order valence-corrected chi connectivity index (χ3v) is 2.01. The number of aliphatic hydroxyl groups is 2. The zero-order valence-corrected chi connectivity index (χ0v) is 7.20. The van der Waals surface area contributed by atoms with Crippen molar-refractivity contribution in [3.05, 3.63) is 0 Å². The van der Waals surface area contributed by atoms with Gasteiger partial charge in [0.05, 0.1) is 19.3 Å². The molecule has 1 aliphatic heterocycles. The average molecular weight is 175 g/mol. The van der Waals surface area contributed by atoms with Gasteiger partial charge in [0.25, 0.3) is 0 Å². The highest BCUT2D eigenvalue weighted by atomic mass is 16.5. The lowest BCUT2D eigenvalue weighted by molar-refractivity contribution is 0.0544. The van der Waals surface area contributed by atoms with Gasteiger partial charge in [0.15, 0.2) is 0 Å². The number of nitrogens with one attached hydrogen (secondary N) is 1. The van der Waals surface area contributed by atoms with Crippen LogP contribution in [0.4, 0.5) is 0 Å². The number of hydrogen-bond acceptors (Lipinski definition) is 4. The average Bonchev–Trinajstić information content (AvgIpc) is 2.16. The van der Waals surface area contributed by atoms with Crippen LogP contribution in [0.15, 0.2) is 0 Å². The van der Waals surface area contributed by atoms with Crippen molar-refractivity contribution in [1.82, 2.24) is 5.32 Å². The van der Waals surface area contributed by atoms with Crippen molar-refractivity contribution in [2.45, 2.75) is 25.0 Å². The summed E-state index contributed by atoms with van der Waals surface area (Å²) in [5.41, 5.74) is 0. The predicted octanol–water partition coefficient (Wildman–Crippen LogP) is -0.892. The molecular formula is C8H17NO3. The topological polar surface area (TPSA) is 61.7 Å². The lowest BCUT2D eigenvalue weighted by Gasteiger charge is -2.24. The summed E-state index contributed by atoms with van der Waals surface area (Å²) >= 11 is 0. The van der Waals surface area contributed by atoms with E-state index in [1.807, 2.05) is 0 Å². The molecule has 1 heterocycles. The Morgan fingerprint density at radius 3 is 3.00 bits per heavy atom. The smallest absolute Gasteiger partial charge is 0.0895 e. The Morgan fingerprint density at radius 2 is 2.42 bits per heavy atom. The molecule has 1 fully saturated rings. The lowest BCUT2D eigenvalue weighted by atomic mass is 10.1. The van der Waals surface area contributed by atoms with Crippen molar-refractivity contribution < 1.29 is 14.9 Å². The van der Waals surface area contributed by atoms with Gasteiger partial charge in [0.1, 0.15) is 0 Å². The van der Waals surface area contributed by atoms with Crippen molar-refractivity contribution in [2.24, 2.45) is 0 Å². The molecule has 1 rings (SSSR count). The molecule has 72 valence electrons. The van der Waals surface area contributed by atoms with E-state index in [1.54, 1.807) is 0 Å². The second-order valence-electron chi connectivity index (χ2n) is 3.16. The Labute approximate surface area is 72.5 Å². The maximum absolute atomic E-state index is 9.04. The quantitative estimate of drug-likeness (QED) is 0.518. The van der Waals surface area contributed by atoms with Crippen LogP contribution >= 0.6 is 0 Å². The van der Waals surface area contributed by atoms with Crippen molar-refractivity contribution in [3.8, 4) is 0 Å². The summed E-state index contributed by atoms with van der Waals surface area (Å²) < 4.78 is 5.24. The zero-order valence-electron chi connectivity index (χ0n) is 7.20. The summed E-state index contributed by atoms with van der Waals surface area (Å²) in [6, 6.07) is 0.347. The monoisotopic (exact) mass is 175 g/mol. The Balaban J connectivity index is 2.05. The van der Waals surface area contributed by atoms with Crippen LogP contribution < -0.4 is 5.32 Å². The number of ether oxygens (including phenoxy) is 1. The molecular weight excluding hydrogens is 158 g/mol. The largest absolute Gasteiger partial charge is 0.394 e. The lowest BCUT2D eigenvalue weighted by Crippen LogP contribution is -2.41. The molecule has 0 aromatic heterocycles. The minimum absolute atomic E-state index is 0.180. The van der Waals surface area contributed by atoms with Gasteiger partial charge in [0.2, 0.25) is 0 Å². The standard InChI is InChI=1S/C8H17NO3/c10-5-8(11)4-9-7-2-1-3-12-6-7/h7-11H,1-6H2. The van der Waals surface area contributed by atoms with Crippen LogP contribution in [0.1, 0.15) is 12.8 Å². The summed E-state index contributed by atoms with van der Waals surface area (Å²) in [5, 5.41) is 20.7. The molecule has 4 heteroatoms. The van der Waals surface area contributed by atoms with Crippen LogP contribution in [0.25, 0.3) is 0 Å². The minimum Gasteiger partial charge on any atom is -0.394 e. The molecule has 4 nitrogen and oxygen atoms in total. The fourth-order valence-corrected chi connectivity index (χ4v) is 1.27. The Hall–Kier alpha value is -0.160. The second-order valence-corrected chi connectivity index (χ2v) is 3.16. The van der Waals surface area contributed by atoms with Gasteiger partial charge >= 0.3 is 0 Å². The van der Waals surface area contributed by atoms with E-state index in [0.29, 0.717) is 12.6 Å². The predicted molar refractivity (Wildman–Crippen MR) is 44.9 cm³/mol. The van der Waals surface area contributed by atoms with E-state index in [1.165, 1.54) is 0 Å². The first-order valence-corrected chi connectivity index (χ1v) is 4.43. The Morgan fingerprint density at radius 1 is 1.58 bits per heavy atom. The molecule has 0 aliphatic carbocycles. The normalized spacial score (nSPS) is 27.0. The maximum Gasteiger partial charge on any atom is 0.0895 e. The van der Waals surface area contributed by atoms with Gasteiger partial charge in [-0.2, -0.15) is 0 Å². The minimum atomic E-state index is -0.646. The van der Waals surface area contributed by atoms with Crippen molar-refractivity contribution in [1.29, 1.82) is 0 Å². The first-order chi connectivity index (χ1) is 5.83. The zero-order chi connectivity index (χ0) is 8.81. The molecule has 12 heavy (non-hydrogen) atoms. The van der Waals surface area contributed by atoms with Crippen LogP contribution in [0.3, 0.4) is 0 Å². The summed E-state index contributed by atoms with van der Waals surface area (Å²) in [6.45, 7) is 1.84. The van der Waals surface area contributed by atoms with Gasteiger partial charge in [-0.1, -0.05) is 0 Å². The van der Waals surface area contributed by atoms with Crippen molar-refractivity contribution >= 4 is 0 Å². The molecule has 1 aliphatic rings. The molecule has 1 saturated heterocycles. The van der Waals surface area contributed by atoms with Gasteiger partial charge in [0, 0.05) is 19.2 Å². The molecule has 0 radical (unpaired) electrons. The first-order valence-electron chi connectivity index (χ1n) is 4.43. The van der Waals surface area contributed by atoms with Gasteiger partial charge in [-0.25, -0.2) is 0 Å². The maximum atomic E-state index is 9.04. The highest BCUT2D eigenvalue weighted by Crippen LogP contribution is 2.05. The summed E-state index contributed by atoms with van der Waals surface area (Å²) in [4.78, 5) is 0. The van der Waals surface area contributed by atoms with Crippen LogP contribution in [0.2, 0.25) is 0 Å². The van der Waals surface area contributed by atoms with Gasteiger partial charge in [-0.15, -0.1) is 0 Å². The summed E-state index contributed by atoms with van der Waals surface area (Å²) in [7, 11) is 0. The fourth-order valence-electron chi connectivity index (χ4n) is 1.27. The van der Waals surface area contributed by atoms with Crippen LogP contribution in [0.5, 0.6) is 0 Å². The Bertz CT molecular complexity index is 115. The molecule has 0 bridgehead atoms. The van der Waals surface area contributed by atoms with E-state index < -0.39 is 6.10 Å². The second kappa shape index (κ2) is 5.48. The highest BCUT2D eigenvalue weighted by molar-refractivity contribution is 4.71. The molecule has 0 spiro atoms. The summed E-state index contributed by atoms with van der Waals surface area (Å²) in [6.07, 6.45) is 1.53. The Kier molecular flexibility index (Phi) is 4.53. The van der Waals surface area contributed by atoms with E-state index in [4.69, 9.17) is 14.9 Å². The first kappa shape index (κ1) is 9.92. The third kappa shape index (κ3) is 3.49. The van der Waals surface area contributed by atoms with E-state index in [2.05, 4.69) is 5.32 Å². The summed E-state index contributed by atoms with van der Waals surface area (Å²) in [5.74, 6) is 0. The van der Waals surface area contributed by atoms with Gasteiger partial charge in [-0.3, -0.25) is 0 Å². The van der Waals surface area contributed by atoms with Crippen LogP contribution in [0, 0.1) is 0 Å². The van der Waals surface area contributed by atoms with Crippen molar-refractivity contribution in [2.75, 3.05) is 26.4 Å². The molecule has 2 atom stereocenters. The molecule has 3 N–H and O–H groups in total. The van der Waals surface area contributed by atoms with Gasteiger partial charge in [-0.05, 0) is 12.8 Å². The highest BCUT2D eigenvalue weighted by Gasteiger charge is 2.13. The SMILES string of the molecule is OCC(O)CNC1CCCOC1. The van der Waals surface area contributed by atoms with E-state index in [-0.39, 0.29) is 6.61 Å². The molecule has 0 saturated carbocycles. The van der Waals surface area contributed by atoms with E-state index in [0.717, 1.165) is 26.1 Å². The molecule has 0 aromatic carbocycles. The number of rotatable bonds is 4. The van der Waals surface area contributed by atoms with E-state index >= 15 is 0 Å². The van der Waals surface area contributed by atoms with E-state index in [9.17, 15) is 0 Å².